The lowest BCUT2D eigenvalue weighted by molar-refractivity contribution is -0.119. The Balaban J connectivity index is 1.67. The third kappa shape index (κ3) is 2.75. The summed E-state index contributed by atoms with van der Waals surface area (Å²) in [5.74, 6) is 0.0503. The van der Waals surface area contributed by atoms with Gasteiger partial charge in [0.25, 0.3) is 0 Å². The maximum Gasteiger partial charge on any atom is 0.141 e. The minimum atomic E-state index is -0.400. The Morgan fingerprint density at radius 3 is 2.65 bits per heavy atom. The second kappa shape index (κ2) is 5.37. The van der Waals surface area contributed by atoms with Crippen molar-refractivity contribution in [2.75, 3.05) is 0 Å². The Labute approximate surface area is 122 Å². The summed E-state index contributed by atoms with van der Waals surface area (Å²) in [4.78, 5) is 12.2. The molecule has 1 fully saturated rings. The van der Waals surface area contributed by atoms with Crippen molar-refractivity contribution in [3.63, 3.8) is 0 Å². The van der Waals surface area contributed by atoms with Gasteiger partial charge in [0.2, 0.25) is 0 Å². The minimum Gasteiger partial charge on any atom is -0.299 e. The summed E-state index contributed by atoms with van der Waals surface area (Å²) in [6.45, 7) is 0. The highest BCUT2D eigenvalue weighted by molar-refractivity contribution is 6.30. The molecule has 0 spiro atoms. The fraction of sp³-hybridized carbons (Fsp3) is 0.235. The number of hydrogen-bond acceptors (Lipinski definition) is 1. The SMILES string of the molecule is O=C(Cc1ccc(Cl)cc1F)C1CC1c1ccccc1. The highest BCUT2D eigenvalue weighted by Gasteiger charge is 2.43. The molecule has 20 heavy (non-hydrogen) atoms. The van der Waals surface area contributed by atoms with Crippen LogP contribution in [0.1, 0.15) is 23.5 Å². The van der Waals surface area contributed by atoms with Crippen molar-refractivity contribution >= 4 is 17.4 Å². The van der Waals surface area contributed by atoms with Crippen LogP contribution in [-0.2, 0) is 11.2 Å². The average Bonchev–Trinajstić information content (AvgIpc) is 3.23. The lowest BCUT2D eigenvalue weighted by Crippen LogP contribution is -2.07. The first-order valence-corrected chi connectivity index (χ1v) is 7.04. The van der Waals surface area contributed by atoms with Crippen molar-refractivity contribution in [3.05, 3.63) is 70.5 Å². The van der Waals surface area contributed by atoms with Gasteiger partial charge in [-0.25, -0.2) is 4.39 Å². The van der Waals surface area contributed by atoms with Crippen LogP contribution in [0.2, 0.25) is 5.02 Å². The van der Waals surface area contributed by atoms with Crippen molar-refractivity contribution < 1.29 is 9.18 Å². The molecule has 0 radical (unpaired) electrons. The van der Waals surface area contributed by atoms with Gasteiger partial charge in [-0.3, -0.25) is 4.79 Å². The number of carbonyl (C=O) groups excluding carboxylic acids is 1. The molecule has 0 amide bonds. The van der Waals surface area contributed by atoms with Gasteiger partial charge < -0.3 is 0 Å². The Morgan fingerprint density at radius 1 is 1.20 bits per heavy atom. The number of rotatable bonds is 4. The van der Waals surface area contributed by atoms with E-state index in [-0.39, 0.29) is 18.1 Å². The van der Waals surface area contributed by atoms with Gasteiger partial charge in [0.15, 0.2) is 0 Å². The number of benzene rings is 2. The smallest absolute Gasteiger partial charge is 0.141 e. The Bertz CT molecular complexity index is 639. The van der Waals surface area contributed by atoms with Gasteiger partial charge in [0.05, 0.1) is 0 Å². The summed E-state index contributed by atoms with van der Waals surface area (Å²) in [6.07, 6.45) is 1.02. The normalized spacial score (nSPS) is 20.7. The van der Waals surface area contributed by atoms with Crippen molar-refractivity contribution in [3.8, 4) is 0 Å². The van der Waals surface area contributed by atoms with E-state index in [0.29, 0.717) is 16.5 Å². The van der Waals surface area contributed by atoms with Crippen molar-refractivity contribution in [1.82, 2.24) is 0 Å². The zero-order chi connectivity index (χ0) is 14.1. The third-order valence-electron chi connectivity index (χ3n) is 3.81. The standard InChI is InChI=1S/C17H14ClFO/c18-13-7-6-12(16(19)9-13)8-17(20)15-10-14(15)11-4-2-1-3-5-11/h1-7,9,14-15H,8,10H2. The van der Waals surface area contributed by atoms with Crippen LogP contribution in [0.15, 0.2) is 48.5 Å². The van der Waals surface area contributed by atoms with Gasteiger partial charge >= 0.3 is 0 Å². The second-order valence-electron chi connectivity index (χ2n) is 5.24. The van der Waals surface area contributed by atoms with Gasteiger partial charge in [-0.05, 0) is 35.6 Å². The molecule has 1 nitrogen and oxygen atoms in total. The predicted octanol–water partition coefficient (Wildman–Crippen LogP) is 4.39. The lowest BCUT2D eigenvalue weighted by atomic mass is 10.0. The van der Waals surface area contributed by atoms with Crippen LogP contribution in [0.3, 0.4) is 0 Å². The highest BCUT2D eigenvalue weighted by atomic mass is 35.5. The van der Waals surface area contributed by atoms with Gasteiger partial charge in [0.1, 0.15) is 11.6 Å². The number of halogens is 2. The van der Waals surface area contributed by atoms with Crippen LogP contribution < -0.4 is 0 Å². The molecule has 0 aromatic heterocycles. The molecule has 1 saturated carbocycles. The van der Waals surface area contributed by atoms with Crippen LogP contribution in [0.25, 0.3) is 0 Å². The highest BCUT2D eigenvalue weighted by Crippen LogP contribution is 2.48. The van der Waals surface area contributed by atoms with E-state index in [4.69, 9.17) is 11.6 Å². The van der Waals surface area contributed by atoms with E-state index in [1.807, 2.05) is 30.3 Å². The van der Waals surface area contributed by atoms with Gasteiger partial charge in [-0.1, -0.05) is 48.0 Å². The van der Waals surface area contributed by atoms with E-state index in [2.05, 4.69) is 0 Å². The van der Waals surface area contributed by atoms with Crippen LogP contribution in [-0.4, -0.2) is 5.78 Å². The first-order chi connectivity index (χ1) is 9.65. The topological polar surface area (TPSA) is 17.1 Å². The van der Waals surface area contributed by atoms with Crippen LogP contribution in [0.5, 0.6) is 0 Å². The fourth-order valence-corrected chi connectivity index (χ4v) is 2.76. The number of Topliss-reactive ketones (excluding diaryl/α,β-unsaturated/α-hetero) is 1. The molecular weight excluding hydrogens is 275 g/mol. The molecule has 2 unspecified atom stereocenters. The molecule has 0 heterocycles. The predicted molar refractivity (Wildman–Crippen MR) is 77.4 cm³/mol. The minimum absolute atomic E-state index is 0.0347. The Morgan fingerprint density at radius 2 is 1.95 bits per heavy atom. The summed E-state index contributed by atoms with van der Waals surface area (Å²) in [5.41, 5.74) is 1.63. The molecule has 3 rings (SSSR count). The molecule has 0 aliphatic heterocycles. The first kappa shape index (κ1) is 13.3. The molecule has 1 aliphatic rings. The van der Waals surface area contributed by atoms with E-state index in [1.165, 1.54) is 11.6 Å². The third-order valence-corrected chi connectivity index (χ3v) is 4.05. The summed E-state index contributed by atoms with van der Waals surface area (Å²) in [7, 11) is 0. The van der Waals surface area contributed by atoms with E-state index in [9.17, 15) is 9.18 Å². The fourth-order valence-electron chi connectivity index (χ4n) is 2.60. The lowest BCUT2D eigenvalue weighted by Gasteiger charge is -2.03. The molecule has 0 bridgehead atoms. The Kier molecular flexibility index (Phi) is 3.58. The quantitative estimate of drug-likeness (QED) is 0.815. The van der Waals surface area contributed by atoms with Gasteiger partial charge in [0, 0.05) is 17.4 Å². The largest absolute Gasteiger partial charge is 0.299 e. The van der Waals surface area contributed by atoms with Gasteiger partial charge in [-0.2, -0.15) is 0 Å². The Hall–Kier alpha value is -1.67. The zero-order valence-electron chi connectivity index (χ0n) is 10.9. The maximum atomic E-state index is 13.7. The maximum absolute atomic E-state index is 13.7. The number of ketones is 1. The molecule has 2 aromatic rings. The molecule has 102 valence electrons. The molecule has 2 aromatic carbocycles. The van der Waals surface area contributed by atoms with E-state index in [1.54, 1.807) is 12.1 Å². The average molecular weight is 289 g/mol. The van der Waals surface area contributed by atoms with Crippen LogP contribution >= 0.6 is 11.6 Å². The number of carbonyl (C=O) groups is 1. The van der Waals surface area contributed by atoms with E-state index < -0.39 is 5.82 Å². The number of hydrogen-bond donors (Lipinski definition) is 0. The van der Waals surface area contributed by atoms with E-state index >= 15 is 0 Å². The molecule has 2 atom stereocenters. The van der Waals surface area contributed by atoms with Crippen molar-refractivity contribution in [2.45, 2.75) is 18.8 Å². The molecular formula is C17H14ClFO. The summed E-state index contributed by atoms with van der Waals surface area (Å²) >= 11 is 5.71. The summed E-state index contributed by atoms with van der Waals surface area (Å²) < 4.78 is 13.7. The summed E-state index contributed by atoms with van der Waals surface area (Å²) in [6, 6.07) is 14.5. The van der Waals surface area contributed by atoms with Crippen molar-refractivity contribution in [1.29, 1.82) is 0 Å². The van der Waals surface area contributed by atoms with Crippen LogP contribution in [0.4, 0.5) is 4.39 Å². The second-order valence-corrected chi connectivity index (χ2v) is 5.67. The monoisotopic (exact) mass is 288 g/mol. The zero-order valence-corrected chi connectivity index (χ0v) is 11.6. The summed E-state index contributed by atoms with van der Waals surface area (Å²) in [5, 5.41) is 0.354. The van der Waals surface area contributed by atoms with Crippen molar-refractivity contribution in [2.24, 2.45) is 5.92 Å². The van der Waals surface area contributed by atoms with Gasteiger partial charge in [-0.15, -0.1) is 0 Å². The molecule has 0 N–H and O–H groups in total. The molecule has 1 aliphatic carbocycles. The molecule has 3 heteroatoms. The first-order valence-electron chi connectivity index (χ1n) is 6.67. The molecule has 0 saturated heterocycles. The van der Waals surface area contributed by atoms with E-state index in [0.717, 1.165) is 6.42 Å². The van der Waals surface area contributed by atoms with Crippen LogP contribution in [0, 0.1) is 11.7 Å².